The minimum atomic E-state index is -0.313. The van der Waals surface area contributed by atoms with E-state index in [1.165, 1.54) is 12.8 Å². The minimum absolute atomic E-state index is 0.187. The van der Waals surface area contributed by atoms with Gasteiger partial charge in [0.05, 0.1) is 11.4 Å². The van der Waals surface area contributed by atoms with Gasteiger partial charge in [0.2, 0.25) is 0 Å². The number of benzene rings is 3. The van der Waals surface area contributed by atoms with Gasteiger partial charge in [-0.3, -0.25) is 4.79 Å². The van der Waals surface area contributed by atoms with Crippen molar-refractivity contribution in [1.29, 1.82) is 0 Å². The molecule has 170 valence electrons. The van der Waals surface area contributed by atoms with E-state index in [1.807, 2.05) is 67.6 Å². The molecule has 0 spiro atoms. The molecule has 1 aliphatic heterocycles. The fraction of sp³-hybridized carbons (Fsp3) is 0.259. The van der Waals surface area contributed by atoms with Crippen LogP contribution in [0.1, 0.15) is 41.6 Å². The van der Waals surface area contributed by atoms with Crippen LogP contribution in [0.3, 0.4) is 0 Å². The molecule has 1 aliphatic rings. The molecule has 3 amide bonds. The summed E-state index contributed by atoms with van der Waals surface area (Å²) in [4.78, 5) is 27.8. The van der Waals surface area contributed by atoms with Gasteiger partial charge >= 0.3 is 6.03 Å². The van der Waals surface area contributed by atoms with Crippen molar-refractivity contribution in [3.63, 3.8) is 0 Å². The Morgan fingerprint density at radius 1 is 0.727 bits per heavy atom. The van der Waals surface area contributed by atoms with Gasteiger partial charge in [0.1, 0.15) is 0 Å². The topological polar surface area (TPSA) is 73.5 Å². The maximum Gasteiger partial charge on any atom is 0.323 e. The van der Waals surface area contributed by atoms with Gasteiger partial charge in [-0.25, -0.2) is 4.79 Å². The van der Waals surface area contributed by atoms with Gasteiger partial charge in [0.25, 0.3) is 5.91 Å². The van der Waals surface area contributed by atoms with Gasteiger partial charge in [-0.15, -0.1) is 0 Å². The predicted octanol–water partition coefficient (Wildman–Crippen LogP) is 6.27. The first-order chi connectivity index (χ1) is 16.1. The van der Waals surface area contributed by atoms with Crippen LogP contribution in [0, 0.1) is 6.92 Å². The van der Waals surface area contributed by atoms with Crippen LogP contribution in [0.25, 0.3) is 0 Å². The summed E-state index contributed by atoms with van der Waals surface area (Å²) in [5.74, 6) is -0.187. The lowest BCUT2D eigenvalue weighted by atomic mass is 10.1. The third-order valence-corrected chi connectivity index (χ3v) is 5.88. The first-order valence-electron chi connectivity index (χ1n) is 11.5. The van der Waals surface area contributed by atoms with Crippen LogP contribution in [0.5, 0.6) is 0 Å². The second-order valence-electron chi connectivity index (χ2n) is 8.35. The molecule has 0 unspecified atom stereocenters. The van der Waals surface area contributed by atoms with Crippen LogP contribution in [0.15, 0.2) is 72.8 Å². The summed E-state index contributed by atoms with van der Waals surface area (Å²) in [6, 6.07) is 22.2. The Balaban J connectivity index is 1.57. The van der Waals surface area contributed by atoms with Crippen LogP contribution in [0.2, 0.25) is 0 Å². The van der Waals surface area contributed by atoms with E-state index in [9.17, 15) is 9.59 Å². The van der Waals surface area contributed by atoms with Crippen molar-refractivity contribution in [2.24, 2.45) is 0 Å². The Morgan fingerprint density at radius 2 is 1.39 bits per heavy atom. The van der Waals surface area contributed by atoms with Gasteiger partial charge < -0.3 is 20.9 Å². The second-order valence-corrected chi connectivity index (χ2v) is 8.35. The fourth-order valence-electron chi connectivity index (χ4n) is 4.08. The molecule has 0 aliphatic carbocycles. The zero-order valence-electron chi connectivity index (χ0n) is 18.9. The van der Waals surface area contributed by atoms with Crippen molar-refractivity contribution in [1.82, 2.24) is 0 Å². The van der Waals surface area contributed by atoms with Gasteiger partial charge in [-0.1, -0.05) is 49.2 Å². The number of carbonyl (C=O) groups excluding carboxylic acids is 2. The van der Waals surface area contributed by atoms with Gasteiger partial charge in [-0.2, -0.15) is 0 Å². The zero-order chi connectivity index (χ0) is 23.0. The molecule has 0 aromatic heterocycles. The molecule has 0 radical (unpaired) electrons. The van der Waals surface area contributed by atoms with E-state index in [4.69, 9.17) is 0 Å². The smallest absolute Gasteiger partial charge is 0.323 e. The van der Waals surface area contributed by atoms with Crippen LogP contribution < -0.4 is 20.9 Å². The van der Waals surface area contributed by atoms with Gasteiger partial charge in [0.15, 0.2) is 0 Å². The molecule has 3 aromatic carbocycles. The van der Waals surface area contributed by atoms with Crippen molar-refractivity contribution in [2.75, 3.05) is 33.9 Å². The third-order valence-electron chi connectivity index (χ3n) is 5.88. The van der Waals surface area contributed by atoms with Crippen LogP contribution in [-0.2, 0) is 0 Å². The number of amides is 3. The zero-order valence-corrected chi connectivity index (χ0v) is 18.9. The second kappa shape index (κ2) is 10.7. The number of para-hydroxylation sites is 1. The SMILES string of the molecule is Cc1ccccc1NC(=O)Nc1cc(NC(=O)c2ccccc2)ccc1N1CCCCCC1. The number of hydrogen-bond donors (Lipinski definition) is 3. The maximum atomic E-state index is 12.9. The molecule has 1 saturated heterocycles. The summed E-state index contributed by atoms with van der Waals surface area (Å²) in [6.45, 7) is 3.85. The monoisotopic (exact) mass is 442 g/mol. The first-order valence-corrected chi connectivity index (χ1v) is 11.5. The highest BCUT2D eigenvalue weighted by Crippen LogP contribution is 2.31. The minimum Gasteiger partial charge on any atom is -0.370 e. The highest BCUT2D eigenvalue weighted by Gasteiger charge is 2.17. The van der Waals surface area contributed by atoms with E-state index in [-0.39, 0.29) is 11.9 Å². The Bertz CT molecular complexity index is 1110. The van der Waals surface area contributed by atoms with E-state index in [0.29, 0.717) is 16.9 Å². The lowest BCUT2D eigenvalue weighted by molar-refractivity contribution is 0.102. The normalized spacial score (nSPS) is 13.7. The number of carbonyl (C=O) groups is 2. The van der Waals surface area contributed by atoms with Crippen molar-refractivity contribution >= 4 is 34.7 Å². The molecule has 1 heterocycles. The van der Waals surface area contributed by atoms with Crippen molar-refractivity contribution in [3.05, 3.63) is 83.9 Å². The largest absolute Gasteiger partial charge is 0.370 e. The van der Waals surface area contributed by atoms with Crippen LogP contribution in [-0.4, -0.2) is 25.0 Å². The molecule has 3 N–H and O–H groups in total. The first kappa shape index (κ1) is 22.4. The highest BCUT2D eigenvalue weighted by molar-refractivity contribution is 6.06. The summed E-state index contributed by atoms with van der Waals surface area (Å²) in [5.41, 5.74) is 4.61. The number of anilines is 4. The number of urea groups is 1. The standard InChI is InChI=1S/C27H30N4O2/c1-20-11-7-8-14-23(20)29-27(33)30-24-19-22(28-26(32)21-12-5-4-6-13-21)15-16-25(24)31-17-9-2-3-10-18-31/h4-8,11-16,19H,2-3,9-10,17-18H2,1H3,(H,28,32)(H2,29,30,33). The van der Waals surface area contributed by atoms with Crippen LogP contribution >= 0.6 is 0 Å². The molecule has 6 heteroatoms. The number of nitrogens with zero attached hydrogens (tertiary/aromatic N) is 1. The van der Waals surface area contributed by atoms with E-state index in [0.717, 1.165) is 42.9 Å². The molecule has 4 rings (SSSR count). The molecule has 0 bridgehead atoms. The molecular formula is C27H30N4O2. The number of nitrogens with one attached hydrogen (secondary N) is 3. The molecule has 1 fully saturated rings. The Hall–Kier alpha value is -3.80. The Labute approximate surface area is 195 Å². The lowest BCUT2D eigenvalue weighted by Gasteiger charge is -2.26. The Morgan fingerprint density at radius 3 is 2.12 bits per heavy atom. The molecule has 3 aromatic rings. The van der Waals surface area contributed by atoms with E-state index in [2.05, 4.69) is 20.9 Å². The summed E-state index contributed by atoms with van der Waals surface area (Å²) in [5, 5.41) is 8.89. The summed E-state index contributed by atoms with van der Waals surface area (Å²) in [6.07, 6.45) is 4.69. The molecule has 33 heavy (non-hydrogen) atoms. The summed E-state index contributed by atoms with van der Waals surface area (Å²) >= 11 is 0. The quantitative estimate of drug-likeness (QED) is 0.436. The molecule has 0 atom stereocenters. The van der Waals surface area contributed by atoms with Crippen molar-refractivity contribution in [3.8, 4) is 0 Å². The van der Waals surface area contributed by atoms with Gasteiger partial charge in [0, 0.05) is 30.0 Å². The average molecular weight is 443 g/mol. The number of aryl methyl sites for hydroxylation is 1. The van der Waals surface area contributed by atoms with E-state index >= 15 is 0 Å². The summed E-state index contributed by atoms with van der Waals surface area (Å²) in [7, 11) is 0. The fourth-order valence-corrected chi connectivity index (χ4v) is 4.08. The highest BCUT2D eigenvalue weighted by atomic mass is 16.2. The van der Waals surface area contributed by atoms with Crippen molar-refractivity contribution < 1.29 is 9.59 Å². The average Bonchev–Trinajstić information content (AvgIpc) is 3.11. The molecular weight excluding hydrogens is 412 g/mol. The van der Waals surface area contributed by atoms with Crippen molar-refractivity contribution in [2.45, 2.75) is 32.6 Å². The van der Waals surface area contributed by atoms with Crippen LogP contribution in [0.4, 0.5) is 27.5 Å². The molecule has 6 nitrogen and oxygen atoms in total. The Kier molecular flexibility index (Phi) is 7.25. The third kappa shape index (κ3) is 5.92. The number of hydrogen-bond acceptors (Lipinski definition) is 3. The van der Waals surface area contributed by atoms with E-state index in [1.54, 1.807) is 12.1 Å². The van der Waals surface area contributed by atoms with E-state index < -0.39 is 0 Å². The molecule has 0 saturated carbocycles. The lowest BCUT2D eigenvalue weighted by Crippen LogP contribution is -2.27. The summed E-state index contributed by atoms with van der Waals surface area (Å²) < 4.78 is 0. The maximum absolute atomic E-state index is 12.9. The van der Waals surface area contributed by atoms with Gasteiger partial charge in [-0.05, 0) is 61.7 Å². The number of rotatable bonds is 5. The predicted molar refractivity (Wildman–Crippen MR) is 135 cm³/mol.